The van der Waals surface area contributed by atoms with Crippen LogP contribution < -0.4 is 14.2 Å². The van der Waals surface area contributed by atoms with E-state index >= 15 is 0 Å². The predicted octanol–water partition coefficient (Wildman–Crippen LogP) is 3.07. The van der Waals surface area contributed by atoms with Crippen LogP contribution in [0.5, 0.6) is 17.2 Å². The maximum absolute atomic E-state index is 5.50. The van der Waals surface area contributed by atoms with Gasteiger partial charge in [-0.2, -0.15) is 0 Å². The van der Waals surface area contributed by atoms with E-state index in [0.717, 1.165) is 30.8 Å². The van der Waals surface area contributed by atoms with E-state index in [4.69, 9.17) is 14.2 Å². The van der Waals surface area contributed by atoms with Crippen LogP contribution in [-0.2, 0) is 13.0 Å². The van der Waals surface area contributed by atoms with Crippen LogP contribution in [0.2, 0.25) is 0 Å². The predicted molar refractivity (Wildman–Crippen MR) is 97.9 cm³/mol. The fourth-order valence-electron chi connectivity index (χ4n) is 4.36. The fourth-order valence-corrected chi connectivity index (χ4v) is 4.36. The number of methoxy groups -OCH3 is 3. The molecule has 0 saturated carbocycles. The lowest BCUT2D eigenvalue weighted by Gasteiger charge is -2.35. The summed E-state index contributed by atoms with van der Waals surface area (Å²) in [4.78, 5) is 11.7. The van der Waals surface area contributed by atoms with Crippen molar-refractivity contribution in [3.05, 3.63) is 41.0 Å². The molecule has 2 aliphatic heterocycles. The number of hydrogen-bond acceptors (Lipinski definition) is 6. The molecule has 4 rings (SSSR count). The highest BCUT2D eigenvalue weighted by atomic mass is 16.5. The Kier molecular flexibility index (Phi) is 4.44. The van der Waals surface area contributed by atoms with Gasteiger partial charge in [0.1, 0.15) is 5.82 Å². The zero-order chi connectivity index (χ0) is 18.3. The van der Waals surface area contributed by atoms with Crippen LogP contribution in [0, 0.1) is 6.92 Å². The van der Waals surface area contributed by atoms with Gasteiger partial charge in [0.15, 0.2) is 11.5 Å². The molecule has 1 aromatic carbocycles. The minimum atomic E-state index is 0.392. The molecule has 2 atom stereocenters. The van der Waals surface area contributed by atoms with E-state index < -0.39 is 0 Å². The lowest BCUT2D eigenvalue weighted by atomic mass is 9.98. The van der Waals surface area contributed by atoms with Gasteiger partial charge in [0.25, 0.3) is 0 Å². The van der Waals surface area contributed by atoms with E-state index in [1.165, 1.54) is 17.7 Å². The molecule has 0 unspecified atom stereocenters. The Morgan fingerprint density at radius 1 is 1.08 bits per heavy atom. The molecule has 6 heteroatoms. The first kappa shape index (κ1) is 17.1. The normalized spacial score (nSPS) is 21.4. The average Bonchev–Trinajstić information content (AvgIpc) is 2.92. The van der Waals surface area contributed by atoms with Gasteiger partial charge in [-0.3, -0.25) is 4.90 Å². The molecule has 0 spiro atoms. The van der Waals surface area contributed by atoms with E-state index in [0.29, 0.717) is 29.3 Å². The maximum atomic E-state index is 5.50. The van der Waals surface area contributed by atoms with Gasteiger partial charge in [0.05, 0.1) is 27.0 Å². The Bertz CT molecular complexity index is 799. The Labute approximate surface area is 154 Å². The van der Waals surface area contributed by atoms with Gasteiger partial charge >= 0.3 is 0 Å². The Morgan fingerprint density at radius 2 is 1.81 bits per heavy atom. The summed E-state index contributed by atoms with van der Waals surface area (Å²) in [6.07, 6.45) is 5.38. The second-order valence-electron chi connectivity index (χ2n) is 6.98. The smallest absolute Gasteiger partial charge is 0.203 e. The summed E-state index contributed by atoms with van der Waals surface area (Å²) in [7, 11) is 4.94. The monoisotopic (exact) mass is 355 g/mol. The van der Waals surface area contributed by atoms with Crippen LogP contribution in [0.1, 0.15) is 41.5 Å². The second-order valence-corrected chi connectivity index (χ2v) is 6.98. The van der Waals surface area contributed by atoms with Gasteiger partial charge in [0.2, 0.25) is 5.75 Å². The van der Waals surface area contributed by atoms with Crippen molar-refractivity contribution < 1.29 is 14.2 Å². The van der Waals surface area contributed by atoms with Crippen molar-refractivity contribution in [2.45, 2.75) is 44.8 Å². The number of fused-ring (bicyclic) bond motifs is 4. The first-order chi connectivity index (χ1) is 12.6. The number of hydrogen-bond donors (Lipinski definition) is 0. The number of benzene rings is 1. The molecule has 1 fully saturated rings. The first-order valence-electron chi connectivity index (χ1n) is 9.01. The minimum absolute atomic E-state index is 0.392. The molecule has 3 heterocycles. The molecule has 1 saturated heterocycles. The van der Waals surface area contributed by atoms with Crippen molar-refractivity contribution in [3.8, 4) is 17.2 Å². The minimum Gasteiger partial charge on any atom is -0.493 e. The van der Waals surface area contributed by atoms with Crippen LogP contribution in [-0.4, -0.2) is 42.2 Å². The van der Waals surface area contributed by atoms with Crippen molar-refractivity contribution in [1.29, 1.82) is 0 Å². The summed E-state index contributed by atoms with van der Waals surface area (Å²) in [6.45, 7) is 2.81. The Balaban J connectivity index is 1.65. The first-order valence-corrected chi connectivity index (χ1v) is 9.01. The number of nitrogens with zero attached hydrogens (tertiary/aromatic N) is 3. The molecule has 2 aromatic rings. The van der Waals surface area contributed by atoms with E-state index in [1.54, 1.807) is 21.3 Å². The Morgan fingerprint density at radius 3 is 2.46 bits per heavy atom. The summed E-state index contributed by atoms with van der Waals surface area (Å²) >= 11 is 0. The summed E-state index contributed by atoms with van der Waals surface area (Å²) in [5.74, 6) is 2.90. The van der Waals surface area contributed by atoms with E-state index in [2.05, 4.69) is 14.9 Å². The maximum Gasteiger partial charge on any atom is 0.203 e. The third-order valence-electron chi connectivity index (χ3n) is 5.54. The zero-order valence-electron chi connectivity index (χ0n) is 15.8. The molecule has 26 heavy (non-hydrogen) atoms. The van der Waals surface area contributed by atoms with Crippen molar-refractivity contribution in [2.75, 3.05) is 21.3 Å². The van der Waals surface area contributed by atoms with Crippen LogP contribution in [0.4, 0.5) is 0 Å². The van der Waals surface area contributed by atoms with E-state index in [1.807, 2.05) is 25.3 Å². The number of rotatable bonds is 5. The number of aromatic nitrogens is 2. The molecule has 1 aromatic heterocycles. The van der Waals surface area contributed by atoms with E-state index in [-0.39, 0.29) is 0 Å². The van der Waals surface area contributed by atoms with Crippen molar-refractivity contribution in [1.82, 2.24) is 14.9 Å². The molecule has 6 nitrogen and oxygen atoms in total. The van der Waals surface area contributed by atoms with Crippen LogP contribution in [0.15, 0.2) is 18.3 Å². The van der Waals surface area contributed by atoms with Gasteiger partial charge in [0, 0.05) is 36.8 Å². The number of ether oxygens (including phenoxy) is 3. The van der Waals surface area contributed by atoms with Gasteiger partial charge in [-0.25, -0.2) is 9.97 Å². The van der Waals surface area contributed by atoms with Crippen LogP contribution in [0.3, 0.4) is 0 Å². The summed E-state index contributed by atoms with van der Waals surface area (Å²) in [6, 6.07) is 5.01. The average molecular weight is 355 g/mol. The molecule has 0 N–H and O–H groups in total. The number of aryl methyl sites for hydroxylation is 1. The second kappa shape index (κ2) is 6.76. The topological polar surface area (TPSA) is 56.7 Å². The lowest BCUT2D eigenvalue weighted by Crippen LogP contribution is -2.37. The molecule has 2 bridgehead atoms. The van der Waals surface area contributed by atoms with Crippen LogP contribution >= 0.6 is 0 Å². The van der Waals surface area contributed by atoms with Crippen LogP contribution in [0.25, 0.3) is 0 Å². The van der Waals surface area contributed by atoms with Crippen molar-refractivity contribution in [2.24, 2.45) is 0 Å². The van der Waals surface area contributed by atoms with Crippen molar-refractivity contribution >= 4 is 0 Å². The summed E-state index contributed by atoms with van der Waals surface area (Å²) in [5.41, 5.74) is 3.68. The SMILES string of the molecule is COc1cc(CN2[C@@H]3CC[C@@H]2c2cnc(C)nc2C3)cc(OC)c1OC. The zero-order valence-corrected chi connectivity index (χ0v) is 15.8. The van der Waals surface area contributed by atoms with Gasteiger partial charge in [-0.1, -0.05) is 0 Å². The van der Waals surface area contributed by atoms with Gasteiger partial charge in [-0.05, 0) is 37.5 Å². The third-order valence-corrected chi connectivity index (χ3v) is 5.54. The highest BCUT2D eigenvalue weighted by molar-refractivity contribution is 5.54. The fraction of sp³-hybridized carbons (Fsp3) is 0.500. The van der Waals surface area contributed by atoms with Crippen molar-refractivity contribution in [3.63, 3.8) is 0 Å². The lowest BCUT2D eigenvalue weighted by molar-refractivity contribution is 0.165. The summed E-state index contributed by atoms with van der Waals surface area (Å²) < 4.78 is 16.4. The van der Waals surface area contributed by atoms with Gasteiger partial charge < -0.3 is 14.2 Å². The molecule has 0 aliphatic carbocycles. The molecule has 138 valence electrons. The highest BCUT2D eigenvalue weighted by Crippen LogP contribution is 2.45. The molecular weight excluding hydrogens is 330 g/mol. The van der Waals surface area contributed by atoms with E-state index in [9.17, 15) is 0 Å². The molecule has 2 aliphatic rings. The molecule has 0 amide bonds. The Hall–Kier alpha value is -2.34. The quantitative estimate of drug-likeness (QED) is 0.822. The largest absolute Gasteiger partial charge is 0.493 e. The molecule has 0 radical (unpaired) electrons. The standard InChI is InChI=1S/C20H25N3O3/c1-12-21-10-15-16(22-12)9-14-5-6-17(15)23(14)11-13-7-18(24-2)20(26-4)19(8-13)25-3/h7-8,10,14,17H,5-6,9,11H2,1-4H3/t14-,17-/m1/s1. The summed E-state index contributed by atoms with van der Waals surface area (Å²) in [5, 5.41) is 0. The highest BCUT2D eigenvalue weighted by Gasteiger charge is 2.40. The van der Waals surface area contributed by atoms with Gasteiger partial charge in [-0.15, -0.1) is 0 Å². The molecular formula is C20H25N3O3. The third kappa shape index (κ3) is 2.78.